The van der Waals surface area contributed by atoms with Crippen molar-refractivity contribution in [3.05, 3.63) is 29.8 Å². The van der Waals surface area contributed by atoms with Crippen LogP contribution in [0.15, 0.2) is 24.3 Å². The van der Waals surface area contributed by atoms with Gasteiger partial charge >= 0.3 is 0 Å². The summed E-state index contributed by atoms with van der Waals surface area (Å²) >= 11 is 0. The Labute approximate surface area is 125 Å². The Kier molecular flexibility index (Phi) is 7.32. The largest absolute Gasteiger partial charge is 0.493 e. The van der Waals surface area contributed by atoms with Crippen molar-refractivity contribution in [1.29, 1.82) is 0 Å². The summed E-state index contributed by atoms with van der Waals surface area (Å²) in [5.41, 5.74) is 0.866. The van der Waals surface area contributed by atoms with Crippen LogP contribution in [0.25, 0.3) is 6.08 Å². The van der Waals surface area contributed by atoms with Crippen molar-refractivity contribution in [2.75, 3.05) is 27.4 Å². The minimum Gasteiger partial charge on any atom is -0.493 e. The van der Waals surface area contributed by atoms with Gasteiger partial charge in [0.25, 0.3) is 0 Å². The zero-order chi connectivity index (χ0) is 15.7. The van der Waals surface area contributed by atoms with Crippen molar-refractivity contribution in [3.8, 4) is 11.5 Å². The molecule has 1 unspecified atom stereocenters. The van der Waals surface area contributed by atoms with Crippen LogP contribution >= 0.6 is 0 Å². The van der Waals surface area contributed by atoms with Gasteiger partial charge in [-0.15, -0.1) is 0 Å². The maximum atomic E-state index is 11.7. The normalized spacial score (nSPS) is 12.2. The van der Waals surface area contributed by atoms with Crippen LogP contribution in [-0.2, 0) is 9.53 Å². The van der Waals surface area contributed by atoms with Crippen molar-refractivity contribution in [1.82, 2.24) is 5.32 Å². The molecule has 0 aromatic heterocycles. The van der Waals surface area contributed by atoms with Gasteiger partial charge in [0.15, 0.2) is 11.5 Å². The van der Waals surface area contributed by atoms with Crippen molar-refractivity contribution in [3.63, 3.8) is 0 Å². The van der Waals surface area contributed by atoms with E-state index in [1.165, 1.54) is 6.08 Å². The molecule has 1 rings (SSSR count). The van der Waals surface area contributed by atoms with E-state index < -0.39 is 0 Å². The lowest BCUT2D eigenvalue weighted by molar-refractivity contribution is -0.117. The molecule has 0 aliphatic carbocycles. The van der Waals surface area contributed by atoms with Gasteiger partial charge in [-0.3, -0.25) is 4.79 Å². The van der Waals surface area contributed by atoms with Crippen molar-refractivity contribution < 1.29 is 19.0 Å². The van der Waals surface area contributed by atoms with Gasteiger partial charge in [0, 0.05) is 19.2 Å². The standard InChI is InChI=1S/C16H23NO4/c1-5-21-14-8-6-13(10-15(14)20-4)7-9-16(18)17-12(2)11-19-3/h6-10,12H,5,11H2,1-4H3,(H,17,18). The number of amides is 1. The van der Waals surface area contributed by atoms with Crippen LogP contribution in [0.1, 0.15) is 19.4 Å². The molecule has 0 fully saturated rings. The van der Waals surface area contributed by atoms with Crippen molar-refractivity contribution in [2.45, 2.75) is 19.9 Å². The molecule has 0 aliphatic rings. The fourth-order valence-corrected chi connectivity index (χ4v) is 1.82. The summed E-state index contributed by atoms with van der Waals surface area (Å²) in [5.74, 6) is 1.18. The third-order valence-electron chi connectivity index (χ3n) is 2.72. The Hall–Kier alpha value is -2.01. The molecule has 0 aliphatic heterocycles. The summed E-state index contributed by atoms with van der Waals surface area (Å²) < 4.78 is 15.7. The number of hydrogen-bond donors (Lipinski definition) is 1. The predicted octanol–water partition coefficient (Wildman–Crippen LogP) is 2.26. The summed E-state index contributed by atoms with van der Waals surface area (Å²) in [4.78, 5) is 11.7. The summed E-state index contributed by atoms with van der Waals surface area (Å²) in [6.07, 6.45) is 3.22. The first-order valence-electron chi connectivity index (χ1n) is 6.89. The summed E-state index contributed by atoms with van der Waals surface area (Å²) in [6.45, 7) is 4.86. The van der Waals surface area contributed by atoms with Gasteiger partial charge in [0.05, 0.1) is 20.3 Å². The first-order chi connectivity index (χ1) is 10.1. The van der Waals surface area contributed by atoms with Gasteiger partial charge in [0.2, 0.25) is 5.91 Å². The Morgan fingerprint density at radius 2 is 2.10 bits per heavy atom. The quantitative estimate of drug-likeness (QED) is 0.747. The number of carbonyl (C=O) groups is 1. The Morgan fingerprint density at radius 1 is 1.33 bits per heavy atom. The van der Waals surface area contributed by atoms with E-state index in [-0.39, 0.29) is 11.9 Å². The van der Waals surface area contributed by atoms with Crippen molar-refractivity contribution >= 4 is 12.0 Å². The molecule has 1 aromatic rings. The third kappa shape index (κ3) is 5.87. The number of nitrogens with one attached hydrogen (secondary N) is 1. The number of benzene rings is 1. The SMILES string of the molecule is CCOc1ccc(C=CC(=O)NC(C)COC)cc1OC. The summed E-state index contributed by atoms with van der Waals surface area (Å²) in [7, 11) is 3.19. The molecule has 1 atom stereocenters. The van der Waals surface area contributed by atoms with Gasteiger partial charge < -0.3 is 19.5 Å². The molecule has 0 spiro atoms. The number of hydrogen-bond acceptors (Lipinski definition) is 4. The second kappa shape index (κ2) is 9.02. The number of methoxy groups -OCH3 is 2. The van der Waals surface area contributed by atoms with Gasteiger partial charge in [-0.1, -0.05) is 6.07 Å². The fraction of sp³-hybridized carbons (Fsp3) is 0.438. The van der Waals surface area contributed by atoms with E-state index in [0.29, 0.717) is 24.7 Å². The molecule has 0 saturated heterocycles. The molecule has 5 heteroatoms. The lowest BCUT2D eigenvalue weighted by atomic mass is 10.2. The molecular formula is C16H23NO4. The molecule has 1 aromatic carbocycles. The molecule has 0 bridgehead atoms. The highest BCUT2D eigenvalue weighted by atomic mass is 16.5. The molecule has 0 heterocycles. The Balaban J connectivity index is 2.69. The highest BCUT2D eigenvalue weighted by molar-refractivity contribution is 5.92. The highest BCUT2D eigenvalue weighted by Crippen LogP contribution is 2.28. The molecule has 116 valence electrons. The predicted molar refractivity (Wildman–Crippen MR) is 82.7 cm³/mol. The van der Waals surface area contributed by atoms with E-state index in [2.05, 4.69) is 5.32 Å². The molecule has 0 saturated carbocycles. The molecule has 5 nitrogen and oxygen atoms in total. The number of ether oxygens (including phenoxy) is 3. The Bertz CT molecular complexity index is 485. The van der Waals surface area contributed by atoms with Crippen LogP contribution in [0.2, 0.25) is 0 Å². The van der Waals surface area contributed by atoms with Crippen molar-refractivity contribution in [2.24, 2.45) is 0 Å². The number of rotatable bonds is 8. The monoisotopic (exact) mass is 293 g/mol. The second-order valence-electron chi connectivity index (χ2n) is 4.54. The van der Waals surface area contributed by atoms with E-state index in [1.807, 2.05) is 32.0 Å². The number of carbonyl (C=O) groups excluding carboxylic acids is 1. The van der Waals surface area contributed by atoms with E-state index in [1.54, 1.807) is 20.3 Å². The Morgan fingerprint density at radius 3 is 2.71 bits per heavy atom. The average molecular weight is 293 g/mol. The molecule has 1 N–H and O–H groups in total. The summed E-state index contributed by atoms with van der Waals surface area (Å²) in [6, 6.07) is 5.50. The van der Waals surface area contributed by atoms with Gasteiger partial charge in [-0.05, 0) is 37.6 Å². The lowest BCUT2D eigenvalue weighted by Gasteiger charge is -2.11. The van der Waals surface area contributed by atoms with E-state index in [4.69, 9.17) is 14.2 Å². The van der Waals surface area contributed by atoms with Gasteiger partial charge in [-0.25, -0.2) is 0 Å². The molecular weight excluding hydrogens is 270 g/mol. The van der Waals surface area contributed by atoms with Crippen LogP contribution in [0.5, 0.6) is 11.5 Å². The topological polar surface area (TPSA) is 56.8 Å². The minimum atomic E-state index is -0.160. The third-order valence-corrected chi connectivity index (χ3v) is 2.72. The van der Waals surface area contributed by atoms with Crippen LogP contribution in [0, 0.1) is 0 Å². The van der Waals surface area contributed by atoms with E-state index >= 15 is 0 Å². The first kappa shape index (κ1) is 17.0. The lowest BCUT2D eigenvalue weighted by Crippen LogP contribution is -2.34. The maximum Gasteiger partial charge on any atom is 0.244 e. The van der Waals surface area contributed by atoms with Crippen LogP contribution in [-0.4, -0.2) is 39.4 Å². The van der Waals surface area contributed by atoms with E-state index in [9.17, 15) is 4.79 Å². The van der Waals surface area contributed by atoms with Crippen LogP contribution in [0.4, 0.5) is 0 Å². The van der Waals surface area contributed by atoms with Gasteiger partial charge in [-0.2, -0.15) is 0 Å². The maximum absolute atomic E-state index is 11.7. The highest BCUT2D eigenvalue weighted by Gasteiger charge is 2.05. The van der Waals surface area contributed by atoms with Crippen LogP contribution < -0.4 is 14.8 Å². The van der Waals surface area contributed by atoms with E-state index in [0.717, 1.165) is 5.56 Å². The second-order valence-corrected chi connectivity index (χ2v) is 4.54. The molecule has 21 heavy (non-hydrogen) atoms. The zero-order valence-corrected chi connectivity index (χ0v) is 13.0. The average Bonchev–Trinajstić information content (AvgIpc) is 2.46. The first-order valence-corrected chi connectivity index (χ1v) is 6.89. The zero-order valence-electron chi connectivity index (χ0n) is 13.0. The van der Waals surface area contributed by atoms with Crippen LogP contribution in [0.3, 0.4) is 0 Å². The summed E-state index contributed by atoms with van der Waals surface area (Å²) in [5, 5.41) is 2.80. The minimum absolute atomic E-state index is 0.0259. The molecule has 0 radical (unpaired) electrons. The smallest absolute Gasteiger partial charge is 0.244 e. The molecule has 1 amide bonds. The fourth-order valence-electron chi connectivity index (χ4n) is 1.82. The van der Waals surface area contributed by atoms with Gasteiger partial charge in [0.1, 0.15) is 0 Å².